The minimum absolute atomic E-state index is 0.0342. The molecule has 0 bridgehead atoms. The molecule has 0 aromatic rings. The average Bonchev–Trinajstić information content (AvgIpc) is 2.96. The maximum absolute atomic E-state index is 12.0. The molecule has 1 saturated carbocycles. The van der Waals surface area contributed by atoms with Crippen molar-refractivity contribution in [3.63, 3.8) is 0 Å². The average molecular weight is 546 g/mol. The van der Waals surface area contributed by atoms with Gasteiger partial charge in [0.2, 0.25) is 11.8 Å². The van der Waals surface area contributed by atoms with Crippen molar-refractivity contribution in [3.05, 3.63) is 0 Å². The van der Waals surface area contributed by atoms with Crippen molar-refractivity contribution >= 4 is 11.8 Å². The largest absolute Gasteiger partial charge is 0.395 e. The molecule has 0 aromatic heterocycles. The lowest BCUT2D eigenvalue weighted by Crippen LogP contribution is -2.40. The van der Waals surface area contributed by atoms with Crippen molar-refractivity contribution in [2.24, 2.45) is 17.8 Å². The van der Waals surface area contributed by atoms with E-state index in [9.17, 15) is 14.7 Å². The smallest absolute Gasteiger partial charge is 0.220 e. The SMILES string of the molecule is CC(C#N)CNC(=O)CCCCCC(CCCCCC(=O)NCC(C)C#N)CCN(CCO)C1CCCCC1. The van der Waals surface area contributed by atoms with E-state index in [1.54, 1.807) is 0 Å². The molecule has 0 heterocycles. The maximum Gasteiger partial charge on any atom is 0.220 e. The minimum atomic E-state index is -0.157. The highest BCUT2D eigenvalue weighted by Crippen LogP contribution is 2.26. The van der Waals surface area contributed by atoms with Gasteiger partial charge >= 0.3 is 0 Å². The number of hydrogen-bond donors (Lipinski definition) is 3. The van der Waals surface area contributed by atoms with Gasteiger partial charge in [0.05, 0.1) is 30.6 Å². The normalized spacial score (nSPS) is 16.2. The number of carbonyl (C=O) groups is 2. The first-order valence-electron chi connectivity index (χ1n) is 15.6. The van der Waals surface area contributed by atoms with Crippen LogP contribution >= 0.6 is 0 Å². The number of rotatable bonds is 22. The number of nitrogens with zero attached hydrogens (tertiary/aromatic N) is 3. The van der Waals surface area contributed by atoms with E-state index in [4.69, 9.17) is 10.5 Å². The monoisotopic (exact) mass is 545 g/mol. The Morgan fingerprint density at radius 3 is 1.77 bits per heavy atom. The van der Waals surface area contributed by atoms with Gasteiger partial charge in [-0.2, -0.15) is 10.5 Å². The fraction of sp³-hybridized carbons (Fsp3) is 0.871. The van der Waals surface area contributed by atoms with E-state index in [-0.39, 0.29) is 30.3 Å². The quantitative estimate of drug-likeness (QED) is 0.163. The second kappa shape index (κ2) is 22.6. The fourth-order valence-electron chi connectivity index (χ4n) is 5.43. The van der Waals surface area contributed by atoms with Gasteiger partial charge in [0.1, 0.15) is 0 Å². The Kier molecular flexibility index (Phi) is 20.2. The molecule has 0 spiro atoms. The van der Waals surface area contributed by atoms with Crippen molar-refractivity contribution in [1.29, 1.82) is 10.5 Å². The molecule has 2 amide bonds. The van der Waals surface area contributed by atoms with Gasteiger partial charge in [-0.05, 0) is 58.4 Å². The Morgan fingerprint density at radius 1 is 0.795 bits per heavy atom. The van der Waals surface area contributed by atoms with Crippen LogP contribution in [-0.4, -0.2) is 60.6 Å². The molecule has 0 radical (unpaired) electrons. The van der Waals surface area contributed by atoms with Gasteiger partial charge in [0.15, 0.2) is 0 Å². The second-order valence-electron chi connectivity index (χ2n) is 11.6. The standard InChI is InChI=1S/C31H55N5O3/c1-26(22-32)24-34-30(38)16-10-3-6-12-28(13-7-4-11-17-31(39)35-25-27(2)23-33)18-19-36(20-21-37)29-14-8-5-9-15-29/h26-29,37H,3-21,24-25H2,1-2H3,(H,34,38)(H,35,39). The summed E-state index contributed by atoms with van der Waals surface area (Å²) < 4.78 is 0. The molecule has 39 heavy (non-hydrogen) atoms. The molecule has 8 heteroatoms. The summed E-state index contributed by atoms with van der Waals surface area (Å²) in [5.74, 6) is 0.370. The number of aliphatic hydroxyl groups is 1. The zero-order valence-corrected chi connectivity index (χ0v) is 24.8. The number of aliphatic hydroxyl groups excluding tert-OH is 1. The third kappa shape index (κ3) is 17.9. The van der Waals surface area contributed by atoms with E-state index in [2.05, 4.69) is 27.7 Å². The van der Waals surface area contributed by atoms with Crippen molar-refractivity contribution in [2.75, 3.05) is 32.8 Å². The zero-order valence-electron chi connectivity index (χ0n) is 24.8. The Morgan fingerprint density at radius 2 is 1.31 bits per heavy atom. The number of amides is 2. The predicted octanol–water partition coefficient (Wildman–Crippen LogP) is 5.07. The summed E-state index contributed by atoms with van der Waals surface area (Å²) in [4.78, 5) is 26.5. The molecule has 0 saturated heterocycles. The van der Waals surface area contributed by atoms with E-state index >= 15 is 0 Å². The van der Waals surface area contributed by atoms with Crippen LogP contribution in [0.3, 0.4) is 0 Å². The summed E-state index contributed by atoms with van der Waals surface area (Å²) in [5.41, 5.74) is 0. The van der Waals surface area contributed by atoms with Crippen LogP contribution in [-0.2, 0) is 9.59 Å². The molecule has 0 aromatic carbocycles. The third-order valence-electron chi connectivity index (χ3n) is 7.99. The minimum Gasteiger partial charge on any atom is -0.395 e. The second-order valence-corrected chi connectivity index (χ2v) is 11.6. The van der Waals surface area contributed by atoms with Crippen molar-refractivity contribution < 1.29 is 14.7 Å². The van der Waals surface area contributed by atoms with Crippen LogP contribution in [0.15, 0.2) is 0 Å². The molecule has 222 valence electrons. The van der Waals surface area contributed by atoms with E-state index < -0.39 is 0 Å². The van der Waals surface area contributed by atoms with Gasteiger partial charge < -0.3 is 15.7 Å². The van der Waals surface area contributed by atoms with Gasteiger partial charge in [-0.3, -0.25) is 14.5 Å². The van der Waals surface area contributed by atoms with Crippen molar-refractivity contribution in [3.8, 4) is 12.1 Å². The number of nitriles is 2. The van der Waals surface area contributed by atoms with E-state index in [0.29, 0.717) is 37.9 Å². The highest BCUT2D eigenvalue weighted by Gasteiger charge is 2.21. The number of unbranched alkanes of at least 4 members (excludes halogenated alkanes) is 4. The van der Waals surface area contributed by atoms with Crippen LogP contribution in [0, 0.1) is 40.4 Å². The van der Waals surface area contributed by atoms with Gasteiger partial charge in [-0.25, -0.2) is 0 Å². The lowest BCUT2D eigenvalue weighted by Gasteiger charge is -2.35. The highest BCUT2D eigenvalue weighted by molar-refractivity contribution is 5.76. The molecule has 2 atom stereocenters. The first kappa shape index (κ1) is 34.9. The molecule has 0 aliphatic heterocycles. The summed E-state index contributed by atoms with van der Waals surface area (Å²) >= 11 is 0. The van der Waals surface area contributed by atoms with E-state index in [1.165, 1.54) is 32.1 Å². The zero-order chi connectivity index (χ0) is 28.7. The summed E-state index contributed by atoms with van der Waals surface area (Å²) in [7, 11) is 0. The first-order valence-corrected chi connectivity index (χ1v) is 15.6. The number of nitrogens with one attached hydrogen (secondary N) is 2. The Bertz CT molecular complexity index is 695. The highest BCUT2D eigenvalue weighted by atomic mass is 16.3. The molecule has 1 rings (SSSR count). The van der Waals surface area contributed by atoms with Gasteiger partial charge in [0, 0.05) is 38.5 Å². The third-order valence-corrected chi connectivity index (χ3v) is 7.99. The summed E-state index contributed by atoms with van der Waals surface area (Å²) in [6, 6.07) is 4.88. The molecule has 1 fully saturated rings. The van der Waals surface area contributed by atoms with Crippen molar-refractivity contribution in [2.45, 2.75) is 123 Å². The summed E-state index contributed by atoms with van der Waals surface area (Å²) in [5, 5.41) is 33.0. The molecule has 3 N–H and O–H groups in total. The summed E-state index contributed by atoms with van der Waals surface area (Å²) in [6.07, 6.45) is 16.9. The van der Waals surface area contributed by atoms with Gasteiger partial charge in [0.25, 0.3) is 0 Å². The predicted molar refractivity (Wildman–Crippen MR) is 155 cm³/mol. The Balaban J connectivity index is 2.43. The summed E-state index contributed by atoms with van der Waals surface area (Å²) in [6.45, 7) is 6.47. The Labute approximate surface area is 237 Å². The molecule has 1 aliphatic rings. The van der Waals surface area contributed by atoms with Gasteiger partial charge in [-0.15, -0.1) is 0 Å². The van der Waals surface area contributed by atoms with Crippen LogP contribution in [0.5, 0.6) is 0 Å². The number of hydrogen-bond acceptors (Lipinski definition) is 6. The van der Waals surface area contributed by atoms with Crippen LogP contribution < -0.4 is 10.6 Å². The van der Waals surface area contributed by atoms with Gasteiger partial charge in [-0.1, -0.05) is 57.8 Å². The molecule has 1 aliphatic carbocycles. The van der Waals surface area contributed by atoms with Crippen LogP contribution in [0.25, 0.3) is 0 Å². The lowest BCUT2D eigenvalue weighted by atomic mass is 9.90. The van der Waals surface area contributed by atoms with E-state index in [1.807, 2.05) is 13.8 Å². The Hall–Kier alpha value is -2.16. The van der Waals surface area contributed by atoms with E-state index in [0.717, 1.165) is 70.9 Å². The first-order chi connectivity index (χ1) is 18.9. The lowest BCUT2D eigenvalue weighted by molar-refractivity contribution is -0.122. The molecule has 2 unspecified atom stereocenters. The fourth-order valence-corrected chi connectivity index (χ4v) is 5.43. The topological polar surface area (TPSA) is 129 Å². The molecular formula is C31H55N5O3. The number of carbonyl (C=O) groups excluding carboxylic acids is 2. The molecule has 8 nitrogen and oxygen atoms in total. The van der Waals surface area contributed by atoms with Crippen LogP contribution in [0.4, 0.5) is 0 Å². The van der Waals surface area contributed by atoms with Crippen molar-refractivity contribution in [1.82, 2.24) is 15.5 Å². The molecular weight excluding hydrogens is 490 g/mol. The maximum atomic E-state index is 12.0. The van der Waals surface area contributed by atoms with Crippen LogP contribution in [0.1, 0.15) is 117 Å². The van der Waals surface area contributed by atoms with Crippen LogP contribution in [0.2, 0.25) is 0 Å².